The van der Waals surface area contributed by atoms with Crippen LogP contribution in [-0.4, -0.2) is 38.8 Å². The minimum atomic E-state index is -0.930. The van der Waals surface area contributed by atoms with Gasteiger partial charge >= 0.3 is 5.97 Å². The predicted octanol–water partition coefficient (Wildman–Crippen LogP) is 3.85. The van der Waals surface area contributed by atoms with Crippen LogP contribution in [0, 0.1) is 0 Å². The van der Waals surface area contributed by atoms with Crippen molar-refractivity contribution < 1.29 is 24.2 Å². The highest BCUT2D eigenvalue weighted by Crippen LogP contribution is 2.31. The Kier molecular flexibility index (Phi) is 7.24. The number of carboxylic acid groups (broad SMARTS) is 1. The number of benzene rings is 2. The van der Waals surface area contributed by atoms with Gasteiger partial charge in [-0.25, -0.2) is 0 Å². The number of hydrogen-bond donors (Lipinski definition) is 2. The van der Waals surface area contributed by atoms with Crippen LogP contribution >= 0.6 is 39.9 Å². The third-order valence-corrected chi connectivity index (χ3v) is 5.71. The maximum Gasteiger partial charge on any atom is 0.306 e. The molecule has 0 aliphatic carbocycles. The summed E-state index contributed by atoms with van der Waals surface area (Å²) in [4.78, 5) is 35.9. The molecule has 2 aromatic rings. The first kappa shape index (κ1) is 22.0. The average molecular weight is 507 g/mol. The largest absolute Gasteiger partial charge is 0.493 e. The van der Waals surface area contributed by atoms with Crippen LogP contribution in [0.5, 0.6) is 5.75 Å². The molecular formula is C20H15BrN2O5S2. The van der Waals surface area contributed by atoms with Crippen LogP contribution < -0.4 is 10.2 Å². The first-order valence-electron chi connectivity index (χ1n) is 8.62. The minimum absolute atomic E-state index is 0.0748. The Morgan fingerprint density at radius 3 is 2.47 bits per heavy atom. The number of ether oxygens (including phenoxy) is 1. The fourth-order valence-corrected chi connectivity index (χ4v) is 3.84. The number of amides is 2. The predicted molar refractivity (Wildman–Crippen MR) is 121 cm³/mol. The van der Waals surface area contributed by atoms with E-state index in [-0.39, 0.29) is 17.3 Å². The van der Waals surface area contributed by atoms with Crippen LogP contribution in [0.3, 0.4) is 0 Å². The number of carbonyl (C=O) groups excluding carboxylic acids is 2. The average Bonchev–Trinajstić information content (AvgIpc) is 2.97. The summed E-state index contributed by atoms with van der Waals surface area (Å²) in [6, 6.07) is 13.6. The quantitative estimate of drug-likeness (QED) is 0.434. The lowest BCUT2D eigenvalue weighted by molar-refractivity contribution is -0.137. The third kappa shape index (κ3) is 5.68. The molecule has 7 nitrogen and oxygen atoms in total. The Labute approximate surface area is 190 Å². The molecule has 2 N–H and O–H groups in total. The van der Waals surface area contributed by atoms with E-state index < -0.39 is 17.8 Å². The van der Waals surface area contributed by atoms with Gasteiger partial charge in [-0.3, -0.25) is 19.8 Å². The van der Waals surface area contributed by atoms with Gasteiger partial charge < -0.3 is 9.84 Å². The first-order chi connectivity index (χ1) is 14.3. The smallest absolute Gasteiger partial charge is 0.306 e. The number of rotatable bonds is 7. The summed E-state index contributed by atoms with van der Waals surface area (Å²) in [7, 11) is 0. The number of nitrogens with one attached hydrogen (secondary N) is 1. The fraction of sp³-hybridized carbons (Fsp3) is 0.100. The Bertz CT molecular complexity index is 1020. The number of hydrazine groups is 1. The standard InChI is InChI=1S/C20H15BrN2O5S2/c21-14-5-3-13(4-6-14)18(26)22-23-19(27)16(30-20(23)29)11-12-1-7-15(8-2-12)28-10-9-17(24)25/h1-8,11H,9-10H2,(H,22,26)(H,24,25)/b16-11+. The van der Waals surface area contributed by atoms with Crippen molar-refractivity contribution in [3.63, 3.8) is 0 Å². The van der Waals surface area contributed by atoms with Gasteiger partial charge in [0.25, 0.3) is 11.8 Å². The third-order valence-electron chi connectivity index (χ3n) is 3.88. The van der Waals surface area contributed by atoms with Crippen molar-refractivity contribution in [2.45, 2.75) is 6.42 Å². The zero-order chi connectivity index (χ0) is 21.7. The molecule has 0 unspecified atom stereocenters. The summed E-state index contributed by atoms with van der Waals surface area (Å²) in [6.45, 7) is 0.0748. The Morgan fingerprint density at radius 2 is 1.83 bits per heavy atom. The molecule has 10 heteroatoms. The number of nitrogens with zero attached hydrogens (tertiary/aromatic N) is 1. The summed E-state index contributed by atoms with van der Waals surface area (Å²) in [6.07, 6.45) is 1.57. The van der Waals surface area contributed by atoms with Crippen LogP contribution in [0.4, 0.5) is 0 Å². The van der Waals surface area contributed by atoms with Gasteiger partial charge in [-0.2, -0.15) is 5.01 Å². The van der Waals surface area contributed by atoms with Gasteiger partial charge in [0.2, 0.25) is 0 Å². The summed E-state index contributed by atoms with van der Waals surface area (Å²) in [5.41, 5.74) is 3.66. The Balaban J connectivity index is 1.65. The van der Waals surface area contributed by atoms with Gasteiger partial charge in [0.1, 0.15) is 5.75 Å². The lowest BCUT2D eigenvalue weighted by Gasteiger charge is -2.15. The van der Waals surface area contributed by atoms with Crippen LogP contribution in [-0.2, 0) is 9.59 Å². The molecule has 0 aromatic heterocycles. The second-order valence-corrected chi connectivity index (χ2v) is 8.62. The molecule has 2 aromatic carbocycles. The van der Waals surface area contributed by atoms with Gasteiger partial charge in [-0.1, -0.05) is 39.8 Å². The molecule has 1 saturated heterocycles. The van der Waals surface area contributed by atoms with Crippen molar-refractivity contribution >= 4 is 68.1 Å². The van der Waals surface area contributed by atoms with Crippen molar-refractivity contribution in [1.82, 2.24) is 10.4 Å². The number of carboxylic acids is 1. The molecule has 0 radical (unpaired) electrons. The number of aliphatic carboxylic acids is 1. The summed E-state index contributed by atoms with van der Waals surface area (Å²) in [5, 5.41) is 9.68. The minimum Gasteiger partial charge on any atom is -0.493 e. The highest BCUT2D eigenvalue weighted by atomic mass is 79.9. The van der Waals surface area contributed by atoms with Crippen LogP contribution in [0.25, 0.3) is 6.08 Å². The highest BCUT2D eigenvalue weighted by Gasteiger charge is 2.33. The first-order valence-corrected chi connectivity index (χ1v) is 10.6. The van der Waals surface area contributed by atoms with E-state index in [9.17, 15) is 14.4 Å². The SMILES string of the molecule is O=C(O)CCOc1ccc(/C=C2/SC(=S)N(NC(=O)c3ccc(Br)cc3)C2=O)cc1. The molecule has 2 amide bonds. The molecular weight excluding hydrogens is 492 g/mol. The van der Waals surface area contributed by atoms with Gasteiger partial charge in [-0.15, -0.1) is 0 Å². The molecule has 1 fully saturated rings. The molecule has 0 bridgehead atoms. The molecule has 1 heterocycles. The maximum atomic E-state index is 12.7. The number of thiocarbonyl (C=S) groups is 1. The monoisotopic (exact) mass is 506 g/mol. The van der Waals surface area contributed by atoms with Gasteiger partial charge in [0, 0.05) is 10.0 Å². The molecule has 30 heavy (non-hydrogen) atoms. The van der Waals surface area contributed by atoms with Crippen LogP contribution in [0.15, 0.2) is 57.9 Å². The van der Waals surface area contributed by atoms with E-state index >= 15 is 0 Å². The lowest BCUT2D eigenvalue weighted by Crippen LogP contribution is -2.44. The number of carbonyl (C=O) groups is 3. The van der Waals surface area contributed by atoms with Gasteiger partial charge in [0.05, 0.1) is 17.9 Å². The van der Waals surface area contributed by atoms with Crippen molar-refractivity contribution in [2.24, 2.45) is 0 Å². The van der Waals surface area contributed by atoms with Crippen molar-refractivity contribution in [1.29, 1.82) is 0 Å². The zero-order valence-electron chi connectivity index (χ0n) is 15.3. The Morgan fingerprint density at radius 1 is 1.17 bits per heavy atom. The van der Waals surface area contributed by atoms with Crippen LogP contribution in [0.2, 0.25) is 0 Å². The summed E-state index contributed by atoms with van der Waals surface area (Å²) >= 11 is 9.62. The summed E-state index contributed by atoms with van der Waals surface area (Å²) < 4.78 is 6.40. The van der Waals surface area contributed by atoms with E-state index in [1.165, 1.54) is 0 Å². The molecule has 0 saturated carbocycles. The second kappa shape index (κ2) is 9.88. The van der Waals surface area contributed by atoms with Crippen molar-refractivity contribution in [2.75, 3.05) is 6.61 Å². The maximum absolute atomic E-state index is 12.7. The fourth-order valence-electron chi connectivity index (χ4n) is 2.40. The van der Waals surface area contributed by atoms with E-state index in [1.807, 2.05) is 0 Å². The zero-order valence-corrected chi connectivity index (χ0v) is 18.6. The number of thioether (sulfide) groups is 1. The summed E-state index contributed by atoms with van der Waals surface area (Å²) in [5.74, 6) is -1.26. The highest BCUT2D eigenvalue weighted by molar-refractivity contribution is 9.10. The normalized spacial score (nSPS) is 14.8. The van der Waals surface area contributed by atoms with E-state index in [1.54, 1.807) is 54.6 Å². The molecule has 0 atom stereocenters. The van der Waals surface area contributed by atoms with E-state index in [2.05, 4.69) is 21.4 Å². The Hall–Kier alpha value is -2.69. The van der Waals surface area contributed by atoms with Gasteiger partial charge in [-0.05, 0) is 60.3 Å². The van der Waals surface area contributed by atoms with E-state index in [4.69, 9.17) is 22.1 Å². The number of halogens is 1. The molecule has 1 aliphatic heterocycles. The number of hydrogen-bond acceptors (Lipinski definition) is 6. The second-order valence-electron chi connectivity index (χ2n) is 6.03. The molecule has 0 spiro atoms. The lowest BCUT2D eigenvalue weighted by atomic mass is 10.2. The molecule has 1 aliphatic rings. The van der Waals surface area contributed by atoms with Crippen LogP contribution in [0.1, 0.15) is 22.3 Å². The van der Waals surface area contributed by atoms with E-state index in [0.29, 0.717) is 16.2 Å². The van der Waals surface area contributed by atoms with Crippen molar-refractivity contribution in [3.05, 3.63) is 69.0 Å². The molecule has 3 rings (SSSR count). The topological polar surface area (TPSA) is 95.9 Å². The molecule has 154 valence electrons. The van der Waals surface area contributed by atoms with Crippen molar-refractivity contribution in [3.8, 4) is 5.75 Å². The van der Waals surface area contributed by atoms with E-state index in [0.717, 1.165) is 26.8 Å². The van der Waals surface area contributed by atoms with Gasteiger partial charge in [0.15, 0.2) is 4.32 Å².